The van der Waals surface area contributed by atoms with Crippen LogP contribution < -0.4 is 0 Å². The molecule has 0 fully saturated rings. The third-order valence-electron chi connectivity index (χ3n) is 1.41. The van der Waals surface area contributed by atoms with Gasteiger partial charge < -0.3 is 4.74 Å². The quantitative estimate of drug-likeness (QED) is 0.329. The highest BCUT2D eigenvalue weighted by molar-refractivity contribution is 8.02. The lowest BCUT2D eigenvalue weighted by Crippen LogP contribution is -1.91. The Morgan fingerprint density at radius 2 is 2.14 bits per heavy atom. The predicted molar refractivity (Wildman–Crippen MR) is 57.0 cm³/mol. The fourth-order valence-electron chi connectivity index (χ4n) is 0.762. The van der Waals surface area contributed by atoms with E-state index in [1.165, 1.54) is 24.9 Å². The fraction of sp³-hybridized carbons (Fsp3) is 0.0909. The molecule has 1 aromatic carbocycles. The molecule has 0 saturated heterocycles. The molecule has 1 aromatic rings. The Labute approximate surface area is 87.3 Å². The molecule has 0 radical (unpaired) electrons. The molecule has 0 N–H and O–H groups in total. The number of carbonyl (C=O) groups excluding carboxylic acids is 1. The number of esters is 1. The summed E-state index contributed by atoms with van der Waals surface area (Å²) < 4.78 is 4.42. The summed E-state index contributed by atoms with van der Waals surface area (Å²) in [6, 6.07) is 9.85. The Kier molecular flexibility index (Phi) is 4.62. The second kappa shape index (κ2) is 6.08. The number of methoxy groups -OCH3 is 1. The lowest BCUT2D eigenvalue weighted by atomic mass is 10.4. The van der Waals surface area contributed by atoms with Gasteiger partial charge >= 0.3 is 5.97 Å². The second-order valence-corrected chi connectivity index (χ2v) is 3.33. The number of hydrogen-bond donors (Lipinski definition) is 0. The summed E-state index contributed by atoms with van der Waals surface area (Å²) in [5.41, 5.74) is 2.72. The molecule has 2 nitrogen and oxygen atoms in total. The third kappa shape index (κ3) is 3.99. The Morgan fingerprint density at radius 1 is 1.43 bits per heavy atom. The van der Waals surface area contributed by atoms with Crippen molar-refractivity contribution in [3.05, 3.63) is 47.5 Å². The van der Waals surface area contributed by atoms with Gasteiger partial charge in [-0.1, -0.05) is 30.0 Å². The van der Waals surface area contributed by atoms with Crippen LogP contribution in [-0.2, 0) is 9.53 Å². The van der Waals surface area contributed by atoms with Crippen LogP contribution in [0.4, 0.5) is 0 Å². The molecule has 3 heteroatoms. The molecule has 14 heavy (non-hydrogen) atoms. The van der Waals surface area contributed by atoms with Gasteiger partial charge in [-0.05, 0) is 12.1 Å². The topological polar surface area (TPSA) is 26.3 Å². The molecule has 0 aliphatic carbocycles. The van der Waals surface area contributed by atoms with E-state index in [2.05, 4.69) is 10.5 Å². The number of ether oxygens (including phenoxy) is 1. The summed E-state index contributed by atoms with van der Waals surface area (Å²) in [6.45, 7) is 0. The van der Waals surface area contributed by atoms with Crippen molar-refractivity contribution in [3.8, 4) is 0 Å². The SMILES string of the molecule is COC(=O)C=C=CSc1ccccc1. The van der Waals surface area contributed by atoms with E-state index in [1.54, 1.807) is 5.41 Å². The molecule has 0 spiro atoms. The number of carbonyl (C=O) groups is 1. The highest BCUT2D eigenvalue weighted by atomic mass is 32.2. The molecule has 0 amide bonds. The van der Waals surface area contributed by atoms with Gasteiger partial charge in [0.05, 0.1) is 13.2 Å². The van der Waals surface area contributed by atoms with Gasteiger partial charge in [0.2, 0.25) is 0 Å². The summed E-state index contributed by atoms with van der Waals surface area (Å²) in [7, 11) is 1.34. The van der Waals surface area contributed by atoms with Crippen LogP contribution in [0.25, 0.3) is 0 Å². The Morgan fingerprint density at radius 3 is 2.79 bits per heavy atom. The van der Waals surface area contributed by atoms with Crippen molar-refractivity contribution in [2.24, 2.45) is 0 Å². The Balaban J connectivity index is 2.49. The van der Waals surface area contributed by atoms with Crippen molar-refractivity contribution in [1.82, 2.24) is 0 Å². The summed E-state index contributed by atoms with van der Waals surface area (Å²) >= 11 is 1.50. The zero-order chi connectivity index (χ0) is 10.2. The summed E-state index contributed by atoms with van der Waals surface area (Å²) in [4.78, 5) is 11.8. The average molecular weight is 206 g/mol. The monoisotopic (exact) mass is 206 g/mol. The van der Waals surface area contributed by atoms with Crippen molar-refractivity contribution in [2.45, 2.75) is 4.90 Å². The first-order chi connectivity index (χ1) is 6.83. The van der Waals surface area contributed by atoms with Crippen LogP contribution in [0.3, 0.4) is 0 Å². The Bertz CT molecular complexity index is 351. The number of thioether (sulfide) groups is 1. The maximum atomic E-state index is 10.7. The van der Waals surface area contributed by atoms with E-state index in [0.29, 0.717) is 0 Å². The first kappa shape index (κ1) is 10.6. The van der Waals surface area contributed by atoms with E-state index in [4.69, 9.17) is 0 Å². The summed E-state index contributed by atoms with van der Waals surface area (Å²) in [5.74, 6) is -0.394. The third-order valence-corrected chi connectivity index (χ3v) is 2.21. The smallest absolute Gasteiger partial charge is 0.338 e. The molecule has 0 saturated carbocycles. The molecule has 0 aliphatic rings. The molecule has 0 unspecified atom stereocenters. The van der Waals surface area contributed by atoms with Crippen molar-refractivity contribution in [3.63, 3.8) is 0 Å². The normalized spacial score (nSPS) is 8.64. The van der Waals surface area contributed by atoms with E-state index in [0.717, 1.165) is 4.90 Å². The molecule has 72 valence electrons. The van der Waals surface area contributed by atoms with Gasteiger partial charge in [0.25, 0.3) is 0 Å². The maximum Gasteiger partial charge on any atom is 0.338 e. The minimum absolute atomic E-state index is 0.394. The van der Waals surface area contributed by atoms with Crippen molar-refractivity contribution in [1.29, 1.82) is 0 Å². The summed E-state index contributed by atoms with van der Waals surface area (Å²) in [5, 5.41) is 1.71. The minimum atomic E-state index is -0.394. The number of rotatable bonds is 3. The number of benzene rings is 1. The van der Waals surface area contributed by atoms with Crippen LogP contribution in [0.15, 0.2) is 52.4 Å². The molecule has 0 atom stereocenters. The lowest BCUT2D eigenvalue weighted by molar-refractivity contribution is -0.134. The van der Waals surface area contributed by atoms with E-state index < -0.39 is 5.97 Å². The van der Waals surface area contributed by atoms with E-state index >= 15 is 0 Å². The van der Waals surface area contributed by atoms with Gasteiger partial charge in [-0.25, -0.2) is 4.79 Å². The van der Waals surface area contributed by atoms with Gasteiger partial charge in [-0.15, -0.1) is 5.73 Å². The van der Waals surface area contributed by atoms with Crippen molar-refractivity contribution in [2.75, 3.05) is 7.11 Å². The first-order valence-corrected chi connectivity index (χ1v) is 4.91. The first-order valence-electron chi connectivity index (χ1n) is 4.03. The van der Waals surface area contributed by atoms with Gasteiger partial charge in [0.1, 0.15) is 0 Å². The highest BCUT2D eigenvalue weighted by Gasteiger charge is 1.87. The molecule has 0 heterocycles. The van der Waals surface area contributed by atoms with Gasteiger partial charge in [0, 0.05) is 10.3 Å². The van der Waals surface area contributed by atoms with Crippen molar-refractivity contribution >= 4 is 17.7 Å². The molecular formula is C11H10O2S. The zero-order valence-electron chi connectivity index (χ0n) is 7.77. The Hall–Kier alpha value is -1.44. The van der Waals surface area contributed by atoms with Crippen LogP contribution in [-0.4, -0.2) is 13.1 Å². The molecule has 0 bridgehead atoms. The van der Waals surface area contributed by atoms with Crippen LogP contribution in [0, 0.1) is 0 Å². The lowest BCUT2D eigenvalue weighted by Gasteiger charge is -1.91. The van der Waals surface area contributed by atoms with E-state index in [1.807, 2.05) is 30.3 Å². The average Bonchev–Trinajstić information content (AvgIpc) is 2.25. The van der Waals surface area contributed by atoms with Gasteiger partial charge in [0.15, 0.2) is 0 Å². The predicted octanol–water partition coefficient (Wildman–Crippen LogP) is 2.62. The van der Waals surface area contributed by atoms with E-state index in [9.17, 15) is 4.79 Å². The molecule has 1 rings (SSSR count). The van der Waals surface area contributed by atoms with Crippen molar-refractivity contribution < 1.29 is 9.53 Å². The van der Waals surface area contributed by atoms with E-state index in [-0.39, 0.29) is 0 Å². The van der Waals surface area contributed by atoms with Crippen LogP contribution >= 0.6 is 11.8 Å². The van der Waals surface area contributed by atoms with Gasteiger partial charge in [-0.2, -0.15) is 0 Å². The van der Waals surface area contributed by atoms with Crippen LogP contribution in [0.5, 0.6) is 0 Å². The van der Waals surface area contributed by atoms with Gasteiger partial charge in [-0.3, -0.25) is 0 Å². The standard InChI is InChI=1S/C11H10O2S/c1-13-11(12)8-5-9-14-10-6-3-2-4-7-10/h2-4,6-9H,1H3. The zero-order valence-corrected chi connectivity index (χ0v) is 8.58. The summed E-state index contributed by atoms with van der Waals surface area (Å²) in [6.07, 6.45) is 1.26. The maximum absolute atomic E-state index is 10.7. The minimum Gasteiger partial charge on any atom is -0.465 e. The van der Waals surface area contributed by atoms with Crippen LogP contribution in [0.1, 0.15) is 0 Å². The largest absolute Gasteiger partial charge is 0.465 e. The molecular weight excluding hydrogens is 196 g/mol. The highest BCUT2D eigenvalue weighted by Crippen LogP contribution is 2.16. The fourth-order valence-corrected chi connectivity index (χ4v) is 1.35. The molecule has 0 aromatic heterocycles. The van der Waals surface area contributed by atoms with Crippen LogP contribution in [0.2, 0.25) is 0 Å². The second-order valence-electron chi connectivity index (χ2n) is 2.38. The number of hydrogen-bond acceptors (Lipinski definition) is 3. The molecule has 0 aliphatic heterocycles.